The van der Waals surface area contributed by atoms with Crippen LogP contribution in [0.25, 0.3) is 11.1 Å². The Morgan fingerprint density at radius 2 is 1.70 bits per heavy atom. The number of carbonyl (C=O) groups excluding carboxylic acids is 1. The molecule has 5 rings (SSSR count). The van der Waals surface area contributed by atoms with Crippen molar-refractivity contribution in [2.75, 3.05) is 26.2 Å². The van der Waals surface area contributed by atoms with E-state index in [0.717, 1.165) is 60.5 Å². The van der Waals surface area contributed by atoms with E-state index in [9.17, 15) is 4.79 Å². The van der Waals surface area contributed by atoms with Crippen LogP contribution in [0.1, 0.15) is 27.0 Å². The lowest BCUT2D eigenvalue weighted by molar-refractivity contribution is 0.0628. The van der Waals surface area contributed by atoms with Crippen LogP contribution in [-0.2, 0) is 12.3 Å². The summed E-state index contributed by atoms with van der Waals surface area (Å²) in [6.07, 6.45) is 0. The van der Waals surface area contributed by atoms with Gasteiger partial charge in [-0.05, 0) is 41.8 Å². The van der Waals surface area contributed by atoms with E-state index in [2.05, 4.69) is 40.2 Å². The fourth-order valence-corrected chi connectivity index (χ4v) is 4.97. The lowest BCUT2D eigenvalue weighted by Crippen LogP contribution is -2.48. The third kappa shape index (κ3) is 5.13. The number of fused-ring (bicyclic) bond motifs is 1. The second-order valence-corrected chi connectivity index (χ2v) is 9.37. The Labute approximate surface area is 198 Å². The molecule has 4 aromatic rings. The van der Waals surface area contributed by atoms with E-state index in [4.69, 9.17) is 4.42 Å². The van der Waals surface area contributed by atoms with Gasteiger partial charge in [-0.1, -0.05) is 66.4 Å². The predicted octanol–water partition coefficient (Wildman–Crippen LogP) is 5.39. The fourth-order valence-electron chi connectivity index (χ4n) is 4.20. The molecule has 1 aromatic heterocycles. The van der Waals surface area contributed by atoms with Crippen molar-refractivity contribution in [1.29, 1.82) is 0 Å². The zero-order valence-electron chi connectivity index (χ0n) is 18.7. The zero-order chi connectivity index (χ0) is 22.6. The monoisotopic (exact) mass is 457 g/mol. The highest BCUT2D eigenvalue weighted by atomic mass is 32.2. The summed E-state index contributed by atoms with van der Waals surface area (Å²) in [5.74, 6) is 0.816. The van der Waals surface area contributed by atoms with Crippen molar-refractivity contribution >= 4 is 28.8 Å². The quantitative estimate of drug-likeness (QED) is 0.364. The Kier molecular flexibility index (Phi) is 6.46. The number of thioether (sulfide) groups is 1. The van der Waals surface area contributed by atoms with Crippen molar-refractivity contribution in [2.24, 2.45) is 0 Å². The van der Waals surface area contributed by atoms with Gasteiger partial charge in [0, 0.05) is 44.0 Å². The van der Waals surface area contributed by atoms with Crippen LogP contribution >= 0.6 is 11.8 Å². The lowest BCUT2D eigenvalue weighted by atomic mass is 10.1. The normalized spacial score (nSPS) is 14.6. The maximum atomic E-state index is 13.1. The molecule has 0 radical (unpaired) electrons. The Balaban J connectivity index is 1.18. The van der Waals surface area contributed by atoms with E-state index in [1.165, 1.54) is 5.56 Å². The van der Waals surface area contributed by atoms with E-state index in [-0.39, 0.29) is 5.91 Å². The highest BCUT2D eigenvalue weighted by molar-refractivity contribution is 7.98. The summed E-state index contributed by atoms with van der Waals surface area (Å²) in [7, 11) is 0. The van der Waals surface area contributed by atoms with Crippen LogP contribution in [-0.4, -0.2) is 46.9 Å². The number of oxazole rings is 1. The minimum atomic E-state index is 0.110. The third-order valence-corrected chi connectivity index (χ3v) is 6.95. The molecule has 0 saturated carbocycles. The number of para-hydroxylation sites is 1. The fraction of sp³-hybridized carbons (Fsp3) is 0.259. The van der Waals surface area contributed by atoms with Crippen LogP contribution in [0.3, 0.4) is 0 Å². The largest absolute Gasteiger partial charge is 0.431 e. The first-order chi connectivity index (χ1) is 16.2. The van der Waals surface area contributed by atoms with Gasteiger partial charge in [-0.15, -0.1) is 0 Å². The second-order valence-electron chi connectivity index (χ2n) is 8.44. The molecule has 3 aromatic carbocycles. The molecule has 1 aliphatic heterocycles. The minimum absolute atomic E-state index is 0.110. The number of rotatable bonds is 6. The first-order valence-electron chi connectivity index (χ1n) is 11.3. The molecule has 0 atom stereocenters. The van der Waals surface area contributed by atoms with Gasteiger partial charge in [0.05, 0.1) is 0 Å². The van der Waals surface area contributed by atoms with Gasteiger partial charge in [0.25, 0.3) is 11.1 Å². The molecule has 0 unspecified atom stereocenters. The molecule has 0 bridgehead atoms. The van der Waals surface area contributed by atoms with Gasteiger partial charge in [0.15, 0.2) is 5.58 Å². The molecule has 0 spiro atoms. The number of aryl methyl sites for hydroxylation is 1. The van der Waals surface area contributed by atoms with Crippen molar-refractivity contribution in [3.8, 4) is 0 Å². The summed E-state index contributed by atoms with van der Waals surface area (Å²) >= 11 is 1.56. The number of hydrogen-bond acceptors (Lipinski definition) is 5. The predicted molar refractivity (Wildman–Crippen MR) is 132 cm³/mol. The van der Waals surface area contributed by atoms with Gasteiger partial charge in [-0.2, -0.15) is 0 Å². The van der Waals surface area contributed by atoms with Gasteiger partial charge in [-0.3, -0.25) is 9.69 Å². The average Bonchev–Trinajstić information content (AvgIpc) is 3.28. The average molecular weight is 458 g/mol. The molecule has 168 valence electrons. The Morgan fingerprint density at radius 1 is 0.939 bits per heavy atom. The van der Waals surface area contributed by atoms with Gasteiger partial charge in [-0.25, -0.2) is 4.98 Å². The highest BCUT2D eigenvalue weighted by Gasteiger charge is 2.22. The van der Waals surface area contributed by atoms with Crippen molar-refractivity contribution in [3.05, 3.63) is 95.1 Å². The van der Waals surface area contributed by atoms with E-state index < -0.39 is 0 Å². The molecular weight excluding hydrogens is 430 g/mol. The smallest absolute Gasteiger partial charge is 0.257 e. The minimum Gasteiger partial charge on any atom is -0.431 e. The molecule has 1 fully saturated rings. The SMILES string of the molecule is Cc1cccc2oc(SCc3cccc(C(=O)N4CCN(Cc5ccccc5)CC4)c3)nc12. The van der Waals surface area contributed by atoms with Gasteiger partial charge in [0.2, 0.25) is 0 Å². The molecule has 1 amide bonds. The molecule has 2 heterocycles. The summed E-state index contributed by atoms with van der Waals surface area (Å²) in [5.41, 5.74) is 5.99. The van der Waals surface area contributed by atoms with E-state index >= 15 is 0 Å². The molecule has 6 heteroatoms. The van der Waals surface area contributed by atoms with E-state index in [1.54, 1.807) is 11.8 Å². The topological polar surface area (TPSA) is 49.6 Å². The highest BCUT2D eigenvalue weighted by Crippen LogP contribution is 2.28. The summed E-state index contributed by atoms with van der Waals surface area (Å²) in [5, 5.41) is 0.658. The van der Waals surface area contributed by atoms with Crippen LogP contribution in [0.5, 0.6) is 0 Å². The molecule has 0 N–H and O–H groups in total. The molecule has 1 saturated heterocycles. The number of hydrogen-bond donors (Lipinski definition) is 0. The summed E-state index contributed by atoms with van der Waals surface area (Å²) in [4.78, 5) is 22.1. The molecule has 1 aliphatic rings. The van der Waals surface area contributed by atoms with Gasteiger partial charge < -0.3 is 9.32 Å². The van der Waals surface area contributed by atoms with E-state index in [1.807, 2.05) is 54.3 Å². The molecule has 0 aliphatic carbocycles. The first-order valence-corrected chi connectivity index (χ1v) is 12.3. The van der Waals surface area contributed by atoms with Crippen molar-refractivity contribution in [1.82, 2.24) is 14.8 Å². The second kappa shape index (κ2) is 9.81. The number of nitrogens with zero attached hydrogens (tertiary/aromatic N) is 3. The zero-order valence-corrected chi connectivity index (χ0v) is 19.6. The van der Waals surface area contributed by atoms with Crippen LogP contribution < -0.4 is 0 Å². The standard InChI is InChI=1S/C27H27N3O2S/c1-20-7-5-12-24-25(20)28-27(32-24)33-19-22-10-6-11-23(17-22)26(31)30-15-13-29(14-16-30)18-21-8-3-2-4-9-21/h2-12,17H,13-16,18-19H2,1H3. The van der Waals surface area contributed by atoms with Crippen LogP contribution in [0.15, 0.2) is 82.4 Å². The summed E-state index contributed by atoms with van der Waals surface area (Å²) in [6.45, 7) is 6.28. The number of piperazine rings is 1. The van der Waals surface area contributed by atoms with Crippen LogP contribution in [0.2, 0.25) is 0 Å². The van der Waals surface area contributed by atoms with Gasteiger partial charge >= 0.3 is 0 Å². The maximum absolute atomic E-state index is 13.1. The van der Waals surface area contributed by atoms with Crippen molar-refractivity contribution in [2.45, 2.75) is 24.4 Å². The van der Waals surface area contributed by atoms with Crippen molar-refractivity contribution in [3.63, 3.8) is 0 Å². The number of amides is 1. The van der Waals surface area contributed by atoms with Gasteiger partial charge in [0.1, 0.15) is 5.52 Å². The first kappa shape index (κ1) is 21.7. The Bertz CT molecular complexity index is 1250. The summed E-state index contributed by atoms with van der Waals surface area (Å²) in [6, 6.07) is 24.4. The van der Waals surface area contributed by atoms with Crippen LogP contribution in [0.4, 0.5) is 0 Å². The third-order valence-electron chi connectivity index (χ3n) is 6.05. The van der Waals surface area contributed by atoms with Crippen LogP contribution in [0, 0.1) is 6.92 Å². The molecule has 33 heavy (non-hydrogen) atoms. The Hall–Kier alpha value is -3.09. The molecular formula is C27H27N3O2S. The number of aromatic nitrogens is 1. The Morgan fingerprint density at radius 3 is 2.48 bits per heavy atom. The van der Waals surface area contributed by atoms with E-state index in [0.29, 0.717) is 11.0 Å². The lowest BCUT2D eigenvalue weighted by Gasteiger charge is -2.34. The summed E-state index contributed by atoms with van der Waals surface area (Å²) < 4.78 is 5.87. The molecule has 5 nitrogen and oxygen atoms in total. The van der Waals surface area contributed by atoms with Crippen molar-refractivity contribution < 1.29 is 9.21 Å². The number of carbonyl (C=O) groups is 1. The number of benzene rings is 3. The maximum Gasteiger partial charge on any atom is 0.257 e.